The molecule has 2 heterocycles. The number of H-pyrrole nitrogens is 1. The van der Waals surface area contributed by atoms with Crippen LogP contribution in [0.3, 0.4) is 0 Å². The van der Waals surface area contributed by atoms with E-state index in [1.165, 1.54) is 11.3 Å². The van der Waals surface area contributed by atoms with Gasteiger partial charge in [-0.15, -0.1) is 11.3 Å². The van der Waals surface area contributed by atoms with Crippen LogP contribution in [0.2, 0.25) is 0 Å². The summed E-state index contributed by atoms with van der Waals surface area (Å²) in [6.45, 7) is 1.88. The molecule has 3 aromatic rings. The van der Waals surface area contributed by atoms with Crippen LogP contribution < -0.4 is 10.6 Å². The average molecular weight is 447 g/mol. The molecule has 1 atom stereocenters. The molecule has 0 bridgehead atoms. The summed E-state index contributed by atoms with van der Waals surface area (Å²) in [7, 11) is 0. The van der Waals surface area contributed by atoms with Crippen LogP contribution in [-0.2, 0) is 4.79 Å². The molecule has 0 saturated carbocycles. The van der Waals surface area contributed by atoms with Gasteiger partial charge in [-0.1, -0.05) is 37.3 Å². The number of rotatable bonds is 7. The van der Waals surface area contributed by atoms with Crippen LogP contribution in [0.4, 0.5) is 0 Å². The SMILES string of the molecule is CCC(NC(=O)CNC(=O)c1ccc(Br)s1)c1ncc(-c2ccccc2)[nH]1. The average Bonchev–Trinajstić information content (AvgIpc) is 3.34. The molecular formula is C19H19BrN4O2S. The number of hydrogen-bond acceptors (Lipinski definition) is 4. The summed E-state index contributed by atoms with van der Waals surface area (Å²) >= 11 is 4.64. The predicted octanol–water partition coefficient (Wildman–Crippen LogP) is 3.90. The highest BCUT2D eigenvalue weighted by Crippen LogP contribution is 2.22. The molecule has 3 N–H and O–H groups in total. The smallest absolute Gasteiger partial charge is 0.261 e. The molecular weight excluding hydrogens is 428 g/mol. The van der Waals surface area contributed by atoms with Gasteiger partial charge in [0.05, 0.1) is 33.1 Å². The van der Waals surface area contributed by atoms with Gasteiger partial charge >= 0.3 is 0 Å². The minimum Gasteiger partial charge on any atom is -0.345 e. The lowest BCUT2D eigenvalue weighted by Gasteiger charge is -2.15. The maximum Gasteiger partial charge on any atom is 0.261 e. The number of thiophene rings is 1. The van der Waals surface area contributed by atoms with Gasteiger partial charge in [0.2, 0.25) is 5.91 Å². The van der Waals surface area contributed by atoms with E-state index in [1.807, 2.05) is 37.3 Å². The Morgan fingerprint density at radius 3 is 2.67 bits per heavy atom. The van der Waals surface area contributed by atoms with Gasteiger partial charge in [0.15, 0.2) is 0 Å². The first kappa shape index (κ1) is 19.3. The Labute approximate surface area is 169 Å². The van der Waals surface area contributed by atoms with E-state index in [4.69, 9.17) is 0 Å². The van der Waals surface area contributed by atoms with E-state index in [1.54, 1.807) is 18.3 Å². The van der Waals surface area contributed by atoms with Crippen molar-refractivity contribution in [1.82, 2.24) is 20.6 Å². The highest BCUT2D eigenvalue weighted by atomic mass is 79.9. The first-order valence-corrected chi connectivity index (χ1v) is 10.1. The number of imidazole rings is 1. The van der Waals surface area contributed by atoms with E-state index in [0.717, 1.165) is 15.0 Å². The molecule has 8 heteroatoms. The molecule has 1 aromatic carbocycles. The fraction of sp³-hybridized carbons (Fsp3) is 0.211. The summed E-state index contributed by atoms with van der Waals surface area (Å²) in [6.07, 6.45) is 2.44. The molecule has 6 nitrogen and oxygen atoms in total. The van der Waals surface area contributed by atoms with E-state index in [9.17, 15) is 9.59 Å². The second-order valence-electron chi connectivity index (χ2n) is 5.86. The number of aromatic nitrogens is 2. The zero-order valence-electron chi connectivity index (χ0n) is 14.7. The maximum atomic E-state index is 12.2. The van der Waals surface area contributed by atoms with Crippen molar-refractivity contribution in [2.75, 3.05) is 6.54 Å². The lowest BCUT2D eigenvalue weighted by atomic mass is 10.2. The molecule has 27 heavy (non-hydrogen) atoms. The van der Waals surface area contributed by atoms with Crippen molar-refractivity contribution >= 4 is 39.1 Å². The van der Waals surface area contributed by atoms with Gasteiger partial charge in [0.1, 0.15) is 5.82 Å². The van der Waals surface area contributed by atoms with Crippen molar-refractivity contribution in [2.24, 2.45) is 0 Å². The van der Waals surface area contributed by atoms with Gasteiger partial charge in [-0.3, -0.25) is 9.59 Å². The van der Waals surface area contributed by atoms with Crippen LogP contribution in [0.1, 0.15) is 34.9 Å². The summed E-state index contributed by atoms with van der Waals surface area (Å²) in [5.41, 5.74) is 1.93. The summed E-state index contributed by atoms with van der Waals surface area (Å²) in [4.78, 5) is 32.5. The molecule has 0 saturated heterocycles. The Balaban J connectivity index is 1.57. The third-order valence-corrected chi connectivity index (χ3v) is 5.58. The molecule has 140 valence electrons. The van der Waals surface area contributed by atoms with E-state index in [2.05, 4.69) is 36.5 Å². The molecule has 0 aliphatic rings. The molecule has 3 rings (SSSR count). The van der Waals surface area contributed by atoms with Crippen LogP contribution in [0.25, 0.3) is 11.3 Å². The standard InChI is InChI=1S/C19H19BrN4O2S/c1-2-13(18-21-10-14(24-18)12-6-4-3-5-7-12)23-17(25)11-22-19(26)15-8-9-16(20)27-15/h3-10,13H,2,11H2,1H3,(H,21,24)(H,22,26)(H,23,25). The number of carbonyl (C=O) groups excluding carboxylic acids is 2. The highest BCUT2D eigenvalue weighted by Gasteiger charge is 2.17. The Kier molecular flexibility index (Phi) is 6.41. The van der Waals surface area contributed by atoms with Crippen molar-refractivity contribution in [1.29, 1.82) is 0 Å². The van der Waals surface area contributed by atoms with Gasteiger partial charge < -0.3 is 15.6 Å². The monoisotopic (exact) mass is 446 g/mol. The van der Waals surface area contributed by atoms with Gasteiger partial charge in [0, 0.05) is 0 Å². The van der Waals surface area contributed by atoms with Gasteiger partial charge in [-0.2, -0.15) is 0 Å². The first-order valence-electron chi connectivity index (χ1n) is 8.50. The molecule has 0 aliphatic carbocycles. The molecule has 2 amide bonds. The quantitative estimate of drug-likeness (QED) is 0.514. The number of carbonyl (C=O) groups is 2. The van der Waals surface area contributed by atoms with Crippen LogP contribution in [0.5, 0.6) is 0 Å². The summed E-state index contributed by atoms with van der Waals surface area (Å²) in [5.74, 6) is 0.167. The molecule has 2 aromatic heterocycles. The maximum absolute atomic E-state index is 12.2. The van der Waals surface area contributed by atoms with Crippen molar-refractivity contribution < 1.29 is 9.59 Å². The largest absolute Gasteiger partial charge is 0.345 e. The summed E-state index contributed by atoms with van der Waals surface area (Å²) < 4.78 is 0.871. The van der Waals surface area contributed by atoms with Crippen LogP contribution >= 0.6 is 27.3 Å². The van der Waals surface area contributed by atoms with Crippen LogP contribution in [0, 0.1) is 0 Å². The lowest BCUT2D eigenvalue weighted by molar-refractivity contribution is -0.120. The highest BCUT2D eigenvalue weighted by molar-refractivity contribution is 9.11. The number of aromatic amines is 1. The first-order chi connectivity index (χ1) is 13.1. The number of nitrogens with zero attached hydrogens (tertiary/aromatic N) is 1. The number of hydrogen-bond donors (Lipinski definition) is 3. The van der Waals surface area contributed by atoms with Crippen LogP contribution in [-0.4, -0.2) is 28.3 Å². The van der Waals surface area contributed by atoms with Crippen molar-refractivity contribution in [3.8, 4) is 11.3 Å². The minimum absolute atomic E-state index is 0.0862. The zero-order valence-corrected chi connectivity index (χ0v) is 17.1. The Hall–Kier alpha value is -2.45. The number of nitrogens with one attached hydrogen (secondary N) is 3. The molecule has 0 fully saturated rings. The second-order valence-corrected chi connectivity index (χ2v) is 8.33. The Bertz CT molecular complexity index is 923. The summed E-state index contributed by atoms with van der Waals surface area (Å²) in [5, 5.41) is 5.54. The lowest BCUT2D eigenvalue weighted by Crippen LogP contribution is -2.38. The zero-order chi connectivity index (χ0) is 19.2. The van der Waals surface area contributed by atoms with Gasteiger partial charge in [-0.25, -0.2) is 4.98 Å². The predicted molar refractivity (Wildman–Crippen MR) is 110 cm³/mol. The normalized spacial score (nSPS) is 11.8. The number of benzene rings is 1. The van der Waals surface area contributed by atoms with Gasteiger partial charge in [0.25, 0.3) is 5.91 Å². The minimum atomic E-state index is -0.265. The Morgan fingerprint density at radius 2 is 2.00 bits per heavy atom. The van der Waals surface area contributed by atoms with Crippen molar-refractivity contribution in [3.63, 3.8) is 0 Å². The third-order valence-electron chi connectivity index (χ3n) is 3.96. The molecule has 0 aliphatic heterocycles. The number of halogens is 1. The van der Waals surface area contributed by atoms with Gasteiger partial charge in [-0.05, 0) is 40.0 Å². The van der Waals surface area contributed by atoms with Crippen molar-refractivity contribution in [3.05, 3.63) is 63.1 Å². The van der Waals surface area contributed by atoms with E-state index in [0.29, 0.717) is 17.1 Å². The van der Waals surface area contributed by atoms with E-state index < -0.39 is 0 Å². The van der Waals surface area contributed by atoms with Crippen molar-refractivity contribution in [2.45, 2.75) is 19.4 Å². The molecule has 1 unspecified atom stereocenters. The second kappa shape index (κ2) is 8.96. The number of amides is 2. The topological polar surface area (TPSA) is 86.9 Å². The fourth-order valence-corrected chi connectivity index (χ4v) is 3.87. The van der Waals surface area contributed by atoms with Crippen LogP contribution in [0.15, 0.2) is 52.4 Å². The molecule has 0 radical (unpaired) electrons. The Morgan fingerprint density at radius 1 is 1.22 bits per heavy atom. The fourth-order valence-electron chi connectivity index (χ4n) is 2.57. The third kappa shape index (κ3) is 5.05. The van der Waals surface area contributed by atoms with E-state index >= 15 is 0 Å². The van der Waals surface area contributed by atoms with E-state index in [-0.39, 0.29) is 24.4 Å². The molecule has 0 spiro atoms. The summed E-state index contributed by atoms with van der Waals surface area (Å²) in [6, 6.07) is 13.1.